The molecule has 0 unspecified atom stereocenters. The minimum Gasteiger partial charge on any atom is -0.495 e. The van der Waals surface area contributed by atoms with Crippen LogP contribution in [0, 0.1) is 18.3 Å². The number of piperidine rings is 1. The van der Waals surface area contributed by atoms with Crippen LogP contribution in [0.25, 0.3) is 5.57 Å². The first kappa shape index (κ1) is 23.4. The first-order valence-corrected chi connectivity index (χ1v) is 11.0. The van der Waals surface area contributed by atoms with Crippen molar-refractivity contribution in [2.75, 3.05) is 26.7 Å². The summed E-state index contributed by atoms with van der Waals surface area (Å²) >= 11 is 0. The topological polar surface area (TPSA) is 67.6 Å². The van der Waals surface area contributed by atoms with E-state index in [4.69, 9.17) is 15.7 Å². The summed E-state index contributed by atoms with van der Waals surface area (Å²) in [4.78, 5) is 14.9. The Morgan fingerprint density at radius 1 is 1.34 bits per heavy atom. The normalized spacial score (nSPS) is 15.6. The molecule has 0 spiro atoms. The Balaban J connectivity index is 1.46. The van der Waals surface area contributed by atoms with Gasteiger partial charge in [-0.15, -0.1) is 6.42 Å². The van der Waals surface area contributed by atoms with Crippen molar-refractivity contribution < 1.29 is 14.1 Å². The van der Waals surface area contributed by atoms with Gasteiger partial charge in [-0.2, -0.15) is 0 Å². The number of allylic oxidation sites excluding steroid dienone is 4. The van der Waals surface area contributed by atoms with Gasteiger partial charge in [-0.3, -0.25) is 9.69 Å². The molecule has 1 aliphatic rings. The monoisotopic (exact) mass is 433 g/mol. The lowest BCUT2D eigenvalue weighted by Gasteiger charge is -2.31. The summed E-state index contributed by atoms with van der Waals surface area (Å²) in [7, 11) is 1.55. The Hall–Kier alpha value is -3.30. The number of rotatable bonds is 8. The Bertz CT molecular complexity index is 1020. The second-order valence-corrected chi connectivity index (χ2v) is 7.91. The maximum Gasteiger partial charge on any atom is 0.251 e. The average molecular weight is 434 g/mol. The van der Waals surface area contributed by atoms with Gasteiger partial charge in [-0.05, 0) is 69.5 Å². The maximum atomic E-state index is 12.5. The number of hydrogen-bond acceptors (Lipinski definition) is 5. The molecule has 0 saturated carbocycles. The molecule has 6 heteroatoms. The van der Waals surface area contributed by atoms with E-state index in [1.165, 1.54) is 0 Å². The number of carbonyl (C=O) groups is 1. The lowest BCUT2D eigenvalue weighted by molar-refractivity contribution is 0.0933. The number of methoxy groups -OCH3 is 1. The van der Waals surface area contributed by atoms with Crippen LogP contribution in [0.3, 0.4) is 0 Å². The number of terminal acetylenes is 1. The van der Waals surface area contributed by atoms with Crippen LogP contribution in [0.5, 0.6) is 5.75 Å². The number of likely N-dealkylation sites (tertiary alicyclic amines) is 1. The van der Waals surface area contributed by atoms with E-state index in [0.717, 1.165) is 49.5 Å². The van der Waals surface area contributed by atoms with Gasteiger partial charge in [0.05, 0.1) is 19.2 Å². The molecule has 2 heterocycles. The first-order chi connectivity index (χ1) is 15.6. The number of ether oxygens (including phenoxy) is 1. The van der Waals surface area contributed by atoms with Gasteiger partial charge >= 0.3 is 0 Å². The van der Waals surface area contributed by atoms with Crippen molar-refractivity contribution in [1.29, 1.82) is 0 Å². The highest BCUT2D eigenvalue weighted by Crippen LogP contribution is 2.22. The number of hydrogen-bond donors (Lipinski definition) is 1. The molecule has 168 valence electrons. The predicted octanol–water partition coefficient (Wildman–Crippen LogP) is 4.29. The highest BCUT2D eigenvalue weighted by Gasteiger charge is 2.21. The van der Waals surface area contributed by atoms with Crippen LogP contribution < -0.4 is 10.1 Å². The zero-order valence-corrected chi connectivity index (χ0v) is 19.1. The van der Waals surface area contributed by atoms with Gasteiger partial charge in [0, 0.05) is 18.2 Å². The smallest absolute Gasteiger partial charge is 0.251 e. The second-order valence-electron chi connectivity index (χ2n) is 7.91. The molecule has 0 aliphatic carbocycles. The molecule has 6 nitrogen and oxygen atoms in total. The van der Waals surface area contributed by atoms with Crippen molar-refractivity contribution >= 4 is 11.5 Å². The van der Waals surface area contributed by atoms with Crippen LogP contribution in [0.1, 0.15) is 54.1 Å². The van der Waals surface area contributed by atoms with E-state index in [0.29, 0.717) is 29.3 Å². The quantitative estimate of drug-likeness (QED) is 0.497. The van der Waals surface area contributed by atoms with E-state index in [2.05, 4.69) is 21.3 Å². The Labute approximate surface area is 190 Å². The van der Waals surface area contributed by atoms with Crippen molar-refractivity contribution in [3.63, 3.8) is 0 Å². The summed E-state index contributed by atoms with van der Waals surface area (Å²) in [5, 5.41) is 7.25. The van der Waals surface area contributed by atoms with Crippen molar-refractivity contribution in [1.82, 2.24) is 15.4 Å². The molecule has 0 bridgehead atoms. The van der Waals surface area contributed by atoms with E-state index in [-0.39, 0.29) is 5.91 Å². The standard InChI is InChI=1S/C26H31N3O3/c1-5-8-20(6-2)24-16-23(32-28-24)18-29-13-11-19(12-14-29)17-27-26(30)22-10-9-21(7-3)25(15-22)31-4/h3,5-6,8-10,15-16,19H,11-14,17-18H2,1-2,4H3,(H,27,30). The Morgan fingerprint density at radius 2 is 2.12 bits per heavy atom. The molecular formula is C26H31N3O3. The third kappa shape index (κ3) is 5.89. The Kier molecular flexibility index (Phi) is 8.29. The Morgan fingerprint density at radius 3 is 2.78 bits per heavy atom. The fraction of sp³-hybridized carbons (Fsp3) is 0.385. The van der Waals surface area contributed by atoms with Crippen molar-refractivity contribution in [2.45, 2.75) is 33.2 Å². The minimum atomic E-state index is -0.107. The van der Waals surface area contributed by atoms with E-state index in [9.17, 15) is 4.79 Å². The number of nitrogens with zero attached hydrogens (tertiary/aromatic N) is 2. The highest BCUT2D eigenvalue weighted by molar-refractivity contribution is 5.94. The number of aromatic nitrogens is 1. The van der Waals surface area contributed by atoms with Gasteiger partial charge in [0.25, 0.3) is 5.91 Å². The third-order valence-corrected chi connectivity index (χ3v) is 5.77. The van der Waals surface area contributed by atoms with Crippen LogP contribution in [-0.4, -0.2) is 42.7 Å². The third-order valence-electron chi connectivity index (χ3n) is 5.77. The lowest BCUT2D eigenvalue weighted by atomic mass is 9.96. The zero-order valence-electron chi connectivity index (χ0n) is 19.1. The number of nitrogens with one attached hydrogen (secondary N) is 1. The molecule has 0 atom stereocenters. The molecule has 32 heavy (non-hydrogen) atoms. The summed E-state index contributed by atoms with van der Waals surface area (Å²) in [5.74, 6) is 4.32. The predicted molar refractivity (Wildman–Crippen MR) is 126 cm³/mol. The molecule has 2 aromatic rings. The van der Waals surface area contributed by atoms with Crippen LogP contribution >= 0.6 is 0 Å². The minimum absolute atomic E-state index is 0.107. The second kappa shape index (κ2) is 11.4. The molecule has 1 fully saturated rings. The summed E-state index contributed by atoms with van der Waals surface area (Å²) in [5.41, 5.74) is 3.12. The van der Waals surface area contributed by atoms with Crippen molar-refractivity contribution in [3.8, 4) is 18.1 Å². The molecule has 1 amide bonds. The molecule has 3 rings (SSSR count). The van der Waals surface area contributed by atoms with Crippen molar-refractivity contribution in [2.24, 2.45) is 5.92 Å². The molecular weight excluding hydrogens is 402 g/mol. The van der Waals surface area contributed by atoms with Gasteiger partial charge in [0.15, 0.2) is 5.76 Å². The van der Waals surface area contributed by atoms with Gasteiger partial charge in [0.1, 0.15) is 11.4 Å². The van der Waals surface area contributed by atoms with Crippen LogP contribution in [0.2, 0.25) is 0 Å². The molecule has 1 aliphatic heterocycles. The zero-order chi connectivity index (χ0) is 22.9. The summed E-state index contributed by atoms with van der Waals surface area (Å²) < 4.78 is 10.8. The van der Waals surface area contributed by atoms with Gasteiger partial charge in [-0.25, -0.2) is 0 Å². The van der Waals surface area contributed by atoms with E-state index in [1.807, 2.05) is 38.1 Å². The number of benzene rings is 1. The summed E-state index contributed by atoms with van der Waals surface area (Å²) in [6.07, 6.45) is 13.6. The van der Waals surface area contributed by atoms with Gasteiger partial charge in [-0.1, -0.05) is 29.3 Å². The highest BCUT2D eigenvalue weighted by atomic mass is 16.5. The number of amides is 1. The van der Waals surface area contributed by atoms with Crippen LogP contribution in [0.15, 0.2) is 47.0 Å². The first-order valence-electron chi connectivity index (χ1n) is 11.0. The maximum absolute atomic E-state index is 12.5. The average Bonchev–Trinajstić information content (AvgIpc) is 3.29. The lowest BCUT2D eigenvalue weighted by Crippen LogP contribution is -2.38. The molecule has 1 saturated heterocycles. The van der Waals surface area contributed by atoms with E-state index in [1.54, 1.807) is 25.3 Å². The molecule has 1 aromatic carbocycles. The molecule has 1 N–H and O–H groups in total. The fourth-order valence-corrected chi connectivity index (χ4v) is 3.89. The van der Waals surface area contributed by atoms with E-state index < -0.39 is 0 Å². The van der Waals surface area contributed by atoms with Crippen LogP contribution in [-0.2, 0) is 6.54 Å². The van der Waals surface area contributed by atoms with E-state index >= 15 is 0 Å². The van der Waals surface area contributed by atoms with Gasteiger partial charge < -0.3 is 14.6 Å². The van der Waals surface area contributed by atoms with Gasteiger partial charge in [0.2, 0.25) is 0 Å². The van der Waals surface area contributed by atoms with Crippen LogP contribution in [0.4, 0.5) is 0 Å². The van der Waals surface area contributed by atoms with Crippen molar-refractivity contribution in [3.05, 3.63) is 65.1 Å². The fourth-order valence-electron chi connectivity index (χ4n) is 3.89. The molecule has 0 radical (unpaired) electrons. The summed E-state index contributed by atoms with van der Waals surface area (Å²) in [6.45, 7) is 7.32. The number of carbonyl (C=O) groups excluding carboxylic acids is 1. The SMILES string of the molecule is C#Cc1ccc(C(=O)NCC2CCN(Cc3cc(C(C=CC)=CC)no3)CC2)cc1OC. The summed E-state index contributed by atoms with van der Waals surface area (Å²) in [6, 6.07) is 7.17. The largest absolute Gasteiger partial charge is 0.495 e. The molecule has 1 aromatic heterocycles.